The van der Waals surface area contributed by atoms with Gasteiger partial charge in [-0.15, -0.1) is 0 Å². The highest BCUT2D eigenvalue weighted by Crippen LogP contribution is 2.39. The molecule has 7 heteroatoms. The third-order valence-electron chi connectivity index (χ3n) is 5.38. The average Bonchev–Trinajstić information content (AvgIpc) is 3.25. The molecule has 2 amide bonds. The summed E-state index contributed by atoms with van der Waals surface area (Å²) in [6.45, 7) is 4.29. The zero-order chi connectivity index (χ0) is 20.9. The summed E-state index contributed by atoms with van der Waals surface area (Å²) in [5.41, 5.74) is 2.10. The van der Waals surface area contributed by atoms with Crippen molar-refractivity contribution in [2.45, 2.75) is 24.2 Å². The van der Waals surface area contributed by atoms with Crippen molar-refractivity contribution in [2.75, 3.05) is 31.5 Å². The molecule has 0 unspecified atom stereocenters. The quantitative estimate of drug-likeness (QED) is 0.475. The van der Waals surface area contributed by atoms with Gasteiger partial charge >= 0.3 is 0 Å². The number of thioether (sulfide) groups is 1. The predicted octanol–water partition coefficient (Wildman–Crippen LogP) is 3.22. The molecule has 0 spiro atoms. The van der Waals surface area contributed by atoms with E-state index in [-0.39, 0.29) is 11.8 Å². The molecule has 2 aliphatic heterocycles. The van der Waals surface area contributed by atoms with Crippen LogP contribution in [0.5, 0.6) is 0 Å². The molecular formula is C23H25ClN3O2S+. The van der Waals surface area contributed by atoms with Crippen molar-refractivity contribution in [1.82, 2.24) is 5.32 Å². The number of halogens is 1. The van der Waals surface area contributed by atoms with Crippen molar-refractivity contribution in [3.63, 3.8) is 0 Å². The largest absolute Gasteiger partial charge is 0.352 e. The Morgan fingerprint density at radius 1 is 1.20 bits per heavy atom. The smallest absolute Gasteiger partial charge is 0.262 e. The summed E-state index contributed by atoms with van der Waals surface area (Å²) in [4.78, 5) is 28.2. The van der Waals surface area contributed by atoms with Gasteiger partial charge in [0.1, 0.15) is 0 Å². The highest BCUT2D eigenvalue weighted by Gasteiger charge is 2.22. The number of hydrogen-bond acceptors (Lipinski definition) is 3. The number of benzene rings is 2. The molecule has 1 saturated heterocycles. The number of anilines is 1. The van der Waals surface area contributed by atoms with Crippen LogP contribution in [0.2, 0.25) is 5.02 Å². The number of rotatable bonds is 6. The van der Waals surface area contributed by atoms with E-state index in [0.717, 1.165) is 23.4 Å². The van der Waals surface area contributed by atoms with E-state index in [1.165, 1.54) is 37.7 Å². The zero-order valence-electron chi connectivity index (χ0n) is 16.7. The van der Waals surface area contributed by atoms with Gasteiger partial charge in [-0.25, -0.2) is 0 Å². The summed E-state index contributed by atoms with van der Waals surface area (Å²) < 4.78 is 0. The van der Waals surface area contributed by atoms with Gasteiger partial charge in [-0.3, -0.25) is 9.59 Å². The molecule has 3 N–H and O–H groups in total. The number of nitrogens with one attached hydrogen (secondary N) is 3. The molecule has 1 fully saturated rings. The molecular weight excluding hydrogens is 418 g/mol. The molecule has 5 nitrogen and oxygen atoms in total. The Morgan fingerprint density at radius 2 is 2.03 bits per heavy atom. The van der Waals surface area contributed by atoms with Gasteiger partial charge in [0, 0.05) is 41.3 Å². The highest BCUT2D eigenvalue weighted by atomic mass is 35.5. The van der Waals surface area contributed by atoms with E-state index in [1.807, 2.05) is 30.3 Å². The van der Waals surface area contributed by atoms with Crippen LogP contribution in [0.3, 0.4) is 0 Å². The van der Waals surface area contributed by atoms with Gasteiger partial charge in [0.2, 0.25) is 0 Å². The van der Waals surface area contributed by atoms with E-state index in [4.69, 9.17) is 11.6 Å². The summed E-state index contributed by atoms with van der Waals surface area (Å²) in [6.07, 6.45) is 5.43. The molecule has 0 aromatic heterocycles. The van der Waals surface area contributed by atoms with E-state index in [1.54, 1.807) is 23.1 Å². The van der Waals surface area contributed by atoms with Gasteiger partial charge < -0.3 is 15.5 Å². The second-order valence-electron chi connectivity index (χ2n) is 7.65. The first kappa shape index (κ1) is 21.0. The van der Waals surface area contributed by atoms with Crippen LogP contribution in [0.15, 0.2) is 52.3 Å². The van der Waals surface area contributed by atoms with Gasteiger partial charge in [-0.1, -0.05) is 35.5 Å². The average molecular weight is 443 g/mol. The molecule has 4 rings (SSSR count). The van der Waals surface area contributed by atoms with Crippen molar-refractivity contribution in [2.24, 2.45) is 0 Å². The fourth-order valence-corrected chi connectivity index (χ4v) is 4.95. The summed E-state index contributed by atoms with van der Waals surface area (Å²) in [7, 11) is 0. The first-order valence-electron chi connectivity index (χ1n) is 10.3. The van der Waals surface area contributed by atoms with Crippen LogP contribution in [0.4, 0.5) is 5.69 Å². The third-order valence-corrected chi connectivity index (χ3v) is 6.72. The minimum atomic E-state index is -0.182. The van der Waals surface area contributed by atoms with Crippen LogP contribution < -0.4 is 15.5 Å². The van der Waals surface area contributed by atoms with Crippen LogP contribution in [-0.2, 0) is 4.79 Å². The Hall–Kier alpha value is -2.28. The lowest BCUT2D eigenvalue weighted by Gasteiger charge is -2.19. The third kappa shape index (κ3) is 5.25. The Labute approximate surface area is 185 Å². The van der Waals surface area contributed by atoms with Crippen molar-refractivity contribution in [1.29, 1.82) is 0 Å². The van der Waals surface area contributed by atoms with Gasteiger partial charge in [0.15, 0.2) is 0 Å². The van der Waals surface area contributed by atoms with Gasteiger partial charge in [-0.05, 0) is 42.0 Å². The van der Waals surface area contributed by atoms with E-state index in [2.05, 4.69) is 10.6 Å². The van der Waals surface area contributed by atoms with Crippen molar-refractivity contribution >= 4 is 46.9 Å². The van der Waals surface area contributed by atoms with Crippen molar-refractivity contribution < 1.29 is 14.5 Å². The lowest BCUT2D eigenvalue weighted by Crippen LogP contribution is -3.10. The summed E-state index contributed by atoms with van der Waals surface area (Å²) >= 11 is 7.42. The fraction of sp³-hybridized carbons (Fsp3) is 0.304. The number of likely N-dealkylation sites (tertiary alicyclic amines) is 1. The number of fused-ring (bicyclic) bond motifs is 1. The van der Waals surface area contributed by atoms with Crippen molar-refractivity contribution in [3.8, 4) is 0 Å². The highest BCUT2D eigenvalue weighted by molar-refractivity contribution is 8.04. The van der Waals surface area contributed by atoms with Gasteiger partial charge in [0.25, 0.3) is 11.8 Å². The van der Waals surface area contributed by atoms with Gasteiger partial charge in [0.05, 0.1) is 30.2 Å². The number of carbonyl (C=O) groups excluding carboxylic acids is 2. The van der Waals surface area contributed by atoms with Crippen LogP contribution in [0.1, 0.15) is 35.2 Å². The normalized spacial score (nSPS) is 17.6. The predicted molar refractivity (Wildman–Crippen MR) is 122 cm³/mol. The molecule has 0 radical (unpaired) electrons. The first-order valence-corrected chi connectivity index (χ1v) is 11.5. The molecule has 2 aliphatic rings. The minimum Gasteiger partial charge on any atom is -0.352 e. The second kappa shape index (κ2) is 9.69. The number of carbonyl (C=O) groups is 2. The monoisotopic (exact) mass is 442 g/mol. The SMILES string of the molecule is O=C1Nc2cc(C(=O)NCCC[NH+]3CCCC3)ccc2SC1=Cc1cccc(Cl)c1. The Morgan fingerprint density at radius 3 is 2.83 bits per heavy atom. The van der Waals surface area contributed by atoms with E-state index < -0.39 is 0 Å². The van der Waals surface area contributed by atoms with E-state index in [9.17, 15) is 9.59 Å². The Bertz CT molecular complexity index is 986. The molecule has 2 aromatic rings. The molecule has 30 heavy (non-hydrogen) atoms. The standard InChI is InChI=1S/C23H24ClN3O2S/c24-18-6-3-5-16(13-18)14-21-23(29)26-19-15-17(7-8-20(19)30-21)22(28)25-9-4-12-27-10-1-2-11-27/h3,5-8,13-15H,1-2,4,9-12H2,(H,25,28)(H,26,29)/p+1. The first-order chi connectivity index (χ1) is 14.6. The fourth-order valence-electron chi connectivity index (χ4n) is 3.82. The Balaban J connectivity index is 1.37. The van der Waals surface area contributed by atoms with E-state index >= 15 is 0 Å². The molecule has 0 aliphatic carbocycles. The second-order valence-corrected chi connectivity index (χ2v) is 9.17. The maximum Gasteiger partial charge on any atom is 0.262 e. The summed E-state index contributed by atoms with van der Waals surface area (Å²) in [5, 5.41) is 6.52. The minimum absolute atomic E-state index is 0.103. The lowest BCUT2D eigenvalue weighted by molar-refractivity contribution is -0.887. The molecule has 2 aromatic carbocycles. The number of hydrogen-bond donors (Lipinski definition) is 3. The van der Waals surface area contributed by atoms with Crippen LogP contribution in [-0.4, -0.2) is 38.0 Å². The van der Waals surface area contributed by atoms with E-state index in [0.29, 0.717) is 27.7 Å². The maximum atomic E-state index is 12.5. The molecule has 0 atom stereocenters. The number of amides is 2. The maximum absolute atomic E-state index is 12.5. The molecule has 0 bridgehead atoms. The molecule has 2 heterocycles. The van der Waals surface area contributed by atoms with Crippen LogP contribution in [0, 0.1) is 0 Å². The topological polar surface area (TPSA) is 62.6 Å². The molecule has 156 valence electrons. The summed E-state index contributed by atoms with van der Waals surface area (Å²) in [6, 6.07) is 12.8. The van der Waals surface area contributed by atoms with Gasteiger partial charge in [-0.2, -0.15) is 0 Å². The van der Waals surface area contributed by atoms with Crippen molar-refractivity contribution in [3.05, 3.63) is 63.5 Å². The van der Waals surface area contributed by atoms with Crippen LogP contribution >= 0.6 is 23.4 Å². The Kier molecular flexibility index (Phi) is 6.77. The molecule has 0 saturated carbocycles. The summed E-state index contributed by atoms with van der Waals surface area (Å²) in [5.74, 6) is -0.285. The zero-order valence-corrected chi connectivity index (χ0v) is 18.2. The van der Waals surface area contributed by atoms with Crippen LogP contribution in [0.25, 0.3) is 6.08 Å². The number of quaternary nitrogens is 1. The lowest BCUT2D eigenvalue weighted by atomic mass is 10.1.